The Balaban J connectivity index is 2.99. The Bertz CT molecular complexity index is 530. The minimum absolute atomic E-state index is 0.0441. The first-order valence-electron chi connectivity index (χ1n) is 5.03. The van der Waals surface area contributed by atoms with Gasteiger partial charge in [0.2, 0.25) is 0 Å². The van der Waals surface area contributed by atoms with Crippen LogP contribution in [0.1, 0.15) is 26.3 Å². The lowest BCUT2D eigenvalue weighted by Crippen LogP contribution is -2.22. The molecule has 1 atom stereocenters. The second-order valence-electron chi connectivity index (χ2n) is 4.69. The maximum Gasteiger partial charge on any atom is 0.261 e. The molecule has 0 aliphatic heterocycles. The molecule has 0 saturated heterocycles. The predicted molar refractivity (Wildman–Crippen MR) is 71.1 cm³/mol. The van der Waals surface area contributed by atoms with Crippen molar-refractivity contribution in [2.24, 2.45) is 0 Å². The first-order chi connectivity index (χ1) is 7.60. The third-order valence-corrected chi connectivity index (χ3v) is 5.47. The molecule has 1 aromatic carbocycles. The van der Waals surface area contributed by atoms with Crippen molar-refractivity contribution in [1.29, 1.82) is 0 Å². The summed E-state index contributed by atoms with van der Waals surface area (Å²) in [6.45, 7) is 5.64. The average Bonchev–Trinajstić information content (AvgIpc) is 2.15. The molecule has 0 aliphatic carbocycles. The highest BCUT2D eigenvalue weighted by molar-refractivity contribution is 8.13. The van der Waals surface area contributed by atoms with Crippen LogP contribution in [0.2, 0.25) is 0 Å². The highest BCUT2D eigenvalue weighted by atomic mass is 35.7. The van der Waals surface area contributed by atoms with E-state index < -0.39 is 19.9 Å². The molecule has 0 bridgehead atoms. The van der Waals surface area contributed by atoms with Crippen LogP contribution < -0.4 is 0 Å². The van der Waals surface area contributed by atoms with Crippen LogP contribution in [0, 0.1) is 0 Å². The van der Waals surface area contributed by atoms with Gasteiger partial charge in [-0.25, -0.2) is 8.42 Å². The molecule has 0 aliphatic rings. The maximum atomic E-state index is 11.9. The lowest BCUT2D eigenvalue weighted by atomic mass is 10.2. The van der Waals surface area contributed by atoms with Crippen molar-refractivity contribution in [1.82, 2.24) is 0 Å². The summed E-state index contributed by atoms with van der Waals surface area (Å²) in [6, 6.07) is 6.23. The summed E-state index contributed by atoms with van der Waals surface area (Å²) in [6.07, 6.45) is 0. The SMILES string of the molecule is CC(C)(C)S(=O)Cc1cccc(S(=O)(=O)Cl)c1. The third kappa shape index (κ3) is 4.41. The smallest absolute Gasteiger partial charge is 0.259 e. The van der Waals surface area contributed by atoms with Gasteiger partial charge in [0.25, 0.3) is 9.05 Å². The zero-order valence-corrected chi connectivity index (χ0v) is 12.3. The van der Waals surface area contributed by atoms with Gasteiger partial charge in [-0.3, -0.25) is 4.21 Å². The summed E-state index contributed by atoms with van der Waals surface area (Å²) in [5, 5.41) is 0. The second-order valence-corrected chi connectivity index (χ2v) is 9.46. The molecule has 96 valence electrons. The van der Waals surface area contributed by atoms with Crippen molar-refractivity contribution < 1.29 is 12.6 Å². The lowest BCUT2D eigenvalue weighted by Gasteiger charge is -2.17. The Hall–Kier alpha value is -0.390. The predicted octanol–water partition coefficient (Wildman–Crippen LogP) is 2.66. The van der Waals surface area contributed by atoms with Crippen LogP contribution in [0.5, 0.6) is 0 Å². The second kappa shape index (κ2) is 5.08. The highest BCUT2D eigenvalue weighted by Crippen LogP contribution is 2.20. The Morgan fingerprint density at radius 2 is 1.88 bits per heavy atom. The summed E-state index contributed by atoms with van der Waals surface area (Å²) >= 11 is 0. The van der Waals surface area contributed by atoms with Gasteiger partial charge >= 0.3 is 0 Å². The van der Waals surface area contributed by atoms with Crippen LogP contribution in [-0.4, -0.2) is 17.4 Å². The first-order valence-corrected chi connectivity index (χ1v) is 8.65. The molecule has 6 heteroatoms. The number of rotatable bonds is 3. The van der Waals surface area contributed by atoms with Gasteiger partial charge in [-0.05, 0) is 38.5 Å². The van der Waals surface area contributed by atoms with Gasteiger partial charge in [0.1, 0.15) is 0 Å². The van der Waals surface area contributed by atoms with Crippen LogP contribution in [-0.2, 0) is 25.6 Å². The molecule has 1 aromatic rings. The first kappa shape index (κ1) is 14.7. The highest BCUT2D eigenvalue weighted by Gasteiger charge is 2.20. The normalized spacial score (nSPS) is 14.6. The van der Waals surface area contributed by atoms with Crippen LogP contribution in [0.15, 0.2) is 29.2 Å². The zero-order chi connectivity index (χ0) is 13.3. The molecule has 0 fully saturated rings. The molecule has 0 heterocycles. The molecule has 17 heavy (non-hydrogen) atoms. The van der Waals surface area contributed by atoms with E-state index in [0.717, 1.165) is 0 Å². The molecule has 1 rings (SSSR count). The van der Waals surface area contributed by atoms with Crippen molar-refractivity contribution >= 4 is 30.5 Å². The van der Waals surface area contributed by atoms with E-state index in [1.54, 1.807) is 12.1 Å². The summed E-state index contributed by atoms with van der Waals surface area (Å²) in [5.74, 6) is 0.323. The molecule has 1 unspecified atom stereocenters. The van der Waals surface area contributed by atoms with Crippen LogP contribution >= 0.6 is 10.7 Å². The van der Waals surface area contributed by atoms with Crippen molar-refractivity contribution in [2.75, 3.05) is 0 Å². The van der Waals surface area contributed by atoms with Gasteiger partial charge in [0, 0.05) is 32.0 Å². The van der Waals surface area contributed by atoms with Gasteiger partial charge in [0.15, 0.2) is 0 Å². The van der Waals surface area contributed by atoms with E-state index in [1.807, 2.05) is 20.8 Å². The summed E-state index contributed by atoms with van der Waals surface area (Å²) < 4.78 is 33.9. The molecule has 3 nitrogen and oxygen atoms in total. The molecule has 0 radical (unpaired) electrons. The molecular weight excluding hydrogens is 280 g/mol. The van der Waals surface area contributed by atoms with Gasteiger partial charge in [-0.1, -0.05) is 12.1 Å². The number of halogens is 1. The van der Waals surface area contributed by atoms with Gasteiger partial charge in [-0.15, -0.1) is 0 Å². The number of hydrogen-bond donors (Lipinski definition) is 0. The van der Waals surface area contributed by atoms with Crippen LogP contribution in [0.3, 0.4) is 0 Å². The number of hydrogen-bond acceptors (Lipinski definition) is 3. The standard InChI is InChI=1S/C11H15ClO3S2/c1-11(2,3)16(13)8-9-5-4-6-10(7-9)17(12,14)15/h4-7H,8H2,1-3H3. The molecule has 0 aromatic heterocycles. The Morgan fingerprint density at radius 1 is 1.29 bits per heavy atom. The topological polar surface area (TPSA) is 51.2 Å². The fraction of sp³-hybridized carbons (Fsp3) is 0.455. The number of benzene rings is 1. The van der Waals surface area contributed by atoms with Gasteiger partial charge in [0.05, 0.1) is 4.90 Å². The quantitative estimate of drug-likeness (QED) is 0.805. The molecule has 0 amide bonds. The van der Waals surface area contributed by atoms with E-state index in [2.05, 4.69) is 0 Å². The third-order valence-electron chi connectivity index (χ3n) is 2.16. The minimum atomic E-state index is -3.72. The average molecular weight is 295 g/mol. The molecule has 0 spiro atoms. The molecular formula is C11H15ClO3S2. The van der Waals surface area contributed by atoms with Crippen molar-refractivity contribution in [3.63, 3.8) is 0 Å². The van der Waals surface area contributed by atoms with Crippen LogP contribution in [0.4, 0.5) is 0 Å². The van der Waals surface area contributed by atoms with E-state index in [-0.39, 0.29) is 9.64 Å². The fourth-order valence-corrected chi connectivity index (χ4v) is 2.89. The Kier molecular flexibility index (Phi) is 4.38. The van der Waals surface area contributed by atoms with Gasteiger partial charge < -0.3 is 0 Å². The van der Waals surface area contributed by atoms with Crippen LogP contribution in [0.25, 0.3) is 0 Å². The molecule has 0 N–H and O–H groups in total. The largest absolute Gasteiger partial charge is 0.261 e. The fourth-order valence-electron chi connectivity index (χ4n) is 1.15. The van der Waals surface area contributed by atoms with E-state index in [0.29, 0.717) is 11.3 Å². The maximum absolute atomic E-state index is 11.9. The van der Waals surface area contributed by atoms with Gasteiger partial charge in [-0.2, -0.15) is 0 Å². The summed E-state index contributed by atoms with van der Waals surface area (Å²) in [7, 11) is 0.469. The Labute approximate surface area is 109 Å². The zero-order valence-electron chi connectivity index (χ0n) is 9.94. The van der Waals surface area contributed by atoms with Crippen molar-refractivity contribution in [3.05, 3.63) is 29.8 Å². The Morgan fingerprint density at radius 3 is 2.35 bits per heavy atom. The molecule has 0 saturated carbocycles. The van der Waals surface area contributed by atoms with Crippen molar-refractivity contribution in [3.8, 4) is 0 Å². The van der Waals surface area contributed by atoms with Crippen molar-refractivity contribution in [2.45, 2.75) is 36.2 Å². The van der Waals surface area contributed by atoms with E-state index in [4.69, 9.17) is 10.7 Å². The minimum Gasteiger partial charge on any atom is -0.259 e. The van der Waals surface area contributed by atoms with E-state index >= 15 is 0 Å². The summed E-state index contributed by atoms with van der Waals surface area (Å²) in [4.78, 5) is 0.0441. The lowest BCUT2D eigenvalue weighted by molar-refractivity contribution is 0.609. The van der Waals surface area contributed by atoms with E-state index in [1.165, 1.54) is 12.1 Å². The monoisotopic (exact) mass is 294 g/mol. The summed E-state index contributed by atoms with van der Waals surface area (Å²) in [5.41, 5.74) is 0.708. The van der Waals surface area contributed by atoms with E-state index in [9.17, 15) is 12.6 Å².